The topological polar surface area (TPSA) is 86.2 Å². The summed E-state index contributed by atoms with van der Waals surface area (Å²) in [6.45, 7) is 3.41. The van der Waals surface area contributed by atoms with Crippen molar-refractivity contribution in [2.75, 3.05) is 0 Å². The van der Waals surface area contributed by atoms with E-state index >= 15 is 0 Å². The number of hydrogen-bond acceptors (Lipinski definition) is 6. The molecule has 0 saturated heterocycles. The highest BCUT2D eigenvalue weighted by Crippen LogP contribution is 2.32. The van der Waals surface area contributed by atoms with Gasteiger partial charge >= 0.3 is 0 Å². The number of benzene rings is 2. The van der Waals surface area contributed by atoms with Gasteiger partial charge in [0.2, 0.25) is 0 Å². The fourth-order valence-electron chi connectivity index (χ4n) is 3.55. The van der Waals surface area contributed by atoms with Crippen molar-refractivity contribution >= 4 is 0 Å². The number of ether oxygens (including phenoxy) is 1. The highest BCUT2D eigenvalue weighted by Gasteiger charge is 2.40. The summed E-state index contributed by atoms with van der Waals surface area (Å²) in [5.74, 6) is -1.18. The summed E-state index contributed by atoms with van der Waals surface area (Å²) in [6, 6.07) is 12.5. The average Bonchev–Trinajstić information content (AvgIpc) is 3.44. The number of aromatic nitrogens is 4. The SMILES string of the molecule is Cc1ccccc1-c1cc(CO[C@H](C)[C@](O)(Cn2cncn2)c2ccc(F)cc2F)on1. The van der Waals surface area contributed by atoms with Crippen LogP contribution in [0.4, 0.5) is 8.78 Å². The van der Waals surface area contributed by atoms with Crippen molar-refractivity contribution in [2.45, 2.75) is 38.7 Å². The lowest BCUT2D eigenvalue weighted by molar-refractivity contribution is -0.126. The minimum Gasteiger partial charge on any atom is -0.380 e. The molecule has 2 heterocycles. The van der Waals surface area contributed by atoms with Gasteiger partial charge in [-0.05, 0) is 25.5 Å². The summed E-state index contributed by atoms with van der Waals surface area (Å²) in [6.07, 6.45) is 1.78. The lowest BCUT2D eigenvalue weighted by atomic mass is 9.88. The Labute approximate surface area is 183 Å². The Kier molecular flexibility index (Phi) is 6.11. The zero-order valence-electron chi connectivity index (χ0n) is 17.6. The summed E-state index contributed by atoms with van der Waals surface area (Å²) >= 11 is 0. The molecular formula is C23H22F2N4O3. The fraction of sp³-hybridized carbons (Fsp3) is 0.261. The summed E-state index contributed by atoms with van der Waals surface area (Å²) in [5, 5.41) is 19.5. The van der Waals surface area contributed by atoms with Gasteiger partial charge in [0.05, 0.1) is 12.6 Å². The number of halogens is 2. The lowest BCUT2D eigenvalue weighted by Crippen LogP contribution is -2.44. The second-order valence-electron chi connectivity index (χ2n) is 7.59. The van der Waals surface area contributed by atoms with Crippen LogP contribution in [0.5, 0.6) is 0 Å². The van der Waals surface area contributed by atoms with E-state index in [0.29, 0.717) is 11.5 Å². The van der Waals surface area contributed by atoms with E-state index < -0.39 is 23.3 Å². The molecular weight excluding hydrogens is 418 g/mol. The van der Waals surface area contributed by atoms with Crippen LogP contribution in [0.3, 0.4) is 0 Å². The summed E-state index contributed by atoms with van der Waals surface area (Å²) in [4.78, 5) is 3.85. The van der Waals surface area contributed by atoms with Crippen molar-refractivity contribution in [1.29, 1.82) is 0 Å². The Balaban J connectivity index is 1.55. The number of hydrogen-bond donors (Lipinski definition) is 1. The van der Waals surface area contributed by atoms with Crippen molar-refractivity contribution in [3.05, 3.63) is 89.7 Å². The van der Waals surface area contributed by atoms with Crippen LogP contribution >= 0.6 is 0 Å². The highest BCUT2D eigenvalue weighted by molar-refractivity contribution is 5.62. The summed E-state index contributed by atoms with van der Waals surface area (Å²) < 4.78 is 40.6. The van der Waals surface area contributed by atoms with E-state index in [4.69, 9.17) is 9.26 Å². The van der Waals surface area contributed by atoms with E-state index in [9.17, 15) is 13.9 Å². The van der Waals surface area contributed by atoms with Crippen LogP contribution in [-0.4, -0.2) is 31.1 Å². The first kappa shape index (κ1) is 21.8. The Morgan fingerprint density at radius 1 is 1.19 bits per heavy atom. The third-order valence-electron chi connectivity index (χ3n) is 5.40. The van der Waals surface area contributed by atoms with Gasteiger partial charge in [-0.1, -0.05) is 35.5 Å². The first-order chi connectivity index (χ1) is 15.4. The van der Waals surface area contributed by atoms with E-state index in [1.54, 1.807) is 13.0 Å². The molecule has 0 amide bonds. The third-order valence-corrected chi connectivity index (χ3v) is 5.40. The molecule has 0 aliphatic rings. The van der Waals surface area contributed by atoms with Gasteiger partial charge in [0.1, 0.15) is 42.2 Å². The molecule has 0 aliphatic carbocycles. The molecule has 4 rings (SSSR count). The maximum absolute atomic E-state index is 14.6. The average molecular weight is 440 g/mol. The first-order valence-electron chi connectivity index (χ1n) is 10.0. The molecule has 0 fully saturated rings. The van der Waals surface area contributed by atoms with Crippen LogP contribution in [0.2, 0.25) is 0 Å². The van der Waals surface area contributed by atoms with Crippen LogP contribution in [0, 0.1) is 18.6 Å². The molecule has 2 aromatic heterocycles. The minimum absolute atomic E-state index is 0.0114. The monoisotopic (exact) mass is 440 g/mol. The number of nitrogens with zero attached hydrogens (tertiary/aromatic N) is 4. The van der Waals surface area contributed by atoms with Crippen molar-refractivity contribution < 1.29 is 23.1 Å². The van der Waals surface area contributed by atoms with Crippen molar-refractivity contribution in [1.82, 2.24) is 19.9 Å². The van der Waals surface area contributed by atoms with E-state index in [0.717, 1.165) is 23.3 Å². The van der Waals surface area contributed by atoms with E-state index in [1.807, 2.05) is 31.2 Å². The summed E-state index contributed by atoms with van der Waals surface area (Å²) in [7, 11) is 0. The predicted molar refractivity (Wildman–Crippen MR) is 111 cm³/mol. The van der Waals surface area contributed by atoms with Gasteiger partial charge in [-0.15, -0.1) is 0 Å². The Bertz CT molecular complexity index is 1200. The lowest BCUT2D eigenvalue weighted by Gasteiger charge is -2.34. The maximum Gasteiger partial charge on any atom is 0.163 e. The van der Waals surface area contributed by atoms with Gasteiger partial charge in [0.15, 0.2) is 5.76 Å². The van der Waals surface area contributed by atoms with Crippen LogP contribution < -0.4 is 0 Å². The molecule has 2 atom stereocenters. The smallest absolute Gasteiger partial charge is 0.163 e. The number of rotatable bonds is 8. The molecule has 0 bridgehead atoms. The van der Waals surface area contributed by atoms with Gasteiger partial charge in [-0.2, -0.15) is 5.10 Å². The zero-order valence-corrected chi connectivity index (χ0v) is 17.6. The van der Waals surface area contributed by atoms with Crippen molar-refractivity contribution in [3.63, 3.8) is 0 Å². The molecule has 1 N–H and O–H groups in total. The molecule has 166 valence electrons. The van der Waals surface area contributed by atoms with E-state index in [1.165, 1.54) is 23.4 Å². The van der Waals surface area contributed by atoms with Crippen molar-refractivity contribution in [2.24, 2.45) is 0 Å². The molecule has 4 aromatic rings. The number of aryl methyl sites for hydroxylation is 1. The second-order valence-corrected chi connectivity index (χ2v) is 7.59. The van der Waals surface area contributed by atoms with Crippen LogP contribution in [0.25, 0.3) is 11.3 Å². The third kappa shape index (κ3) is 4.44. The Hall–Kier alpha value is -3.43. The van der Waals surface area contributed by atoms with Gasteiger partial charge in [-0.3, -0.25) is 0 Å². The quantitative estimate of drug-likeness (QED) is 0.446. The van der Waals surface area contributed by atoms with E-state index in [2.05, 4.69) is 15.2 Å². The summed E-state index contributed by atoms with van der Waals surface area (Å²) in [5.41, 5.74) is 0.684. The van der Waals surface area contributed by atoms with Gasteiger partial charge in [-0.25, -0.2) is 18.4 Å². The highest BCUT2D eigenvalue weighted by atomic mass is 19.1. The fourth-order valence-corrected chi connectivity index (χ4v) is 3.55. The molecule has 0 radical (unpaired) electrons. The van der Waals surface area contributed by atoms with Crippen LogP contribution in [-0.2, 0) is 23.5 Å². The minimum atomic E-state index is -1.86. The molecule has 0 aliphatic heterocycles. The Morgan fingerprint density at radius 3 is 2.72 bits per heavy atom. The molecule has 7 nitrogen and oxygen atoms in total. The Morgan fingerprint density at radius 2 is 2.00 bits per heavy atom. The molecule has 0 saturated carbocycles. The normalized spacial score (nSPS) is 14.3. The van der Waals surface area contributed by atoms with Gasteiger partial charge in [0, 0.05) is 23.3 Å². The largest absolute Gasteiger partial charge is 0.380 e. The van der Waals surface area contributed by atoms with Crippen LogP contribution in [0.15, 0.2) is 65.7 Å². The molecule has 9 heteroatoms. The molecule has 32 heavy (non-hydrogen) atoms. The first-order valence-corrected chi connectivity index (χ1v) is 10.0. The maximum atomic E-state index is 14.6. The second kappa shape index (κ2) is 8.97. The standard InChI is InChI=1S/C23H22F2N4O3/c1-15-5-3-4-6-19(15)22-10-18(32-28-22)11-31-16(2)23(30,12-29-14-26-13-27-29)20-8-7-17(24)9-21(20)25/h3-10,13-14,16,30H,11-12H2,1-2H3/t16-,23-/m1/s1. The van der Waals surface area contributed by atoms with Gasteiger partial charge in [0.25, 0.3) is 0 Å². The predicted octanol–water partition coefficient (Wildman–Crippen LogP) is 4.01. The van der Waals surface area contributed by atoms with Crippen molar-refractivity contribution in [3.8, 4) is 11.3 Å². The van der Waals surface area contributed by atoms with Gasteiger partial charge < -0.3 is 14.4 Å². The molecule has 0 spiro atoms. The molecule has 0 unspecified atom stereocenters. The van der Waals surface area contributed by atoms with E-state index in [-0.39, 0.29) is 18.7 Å². The molecule has 2 aromatic carbocycles. The van der Waals surface area contributed by atoms with Crippen LogP contribution in [0.1, 0.15) is 23.8 Å². The zero-order chi connectivity index (χ0) is 22.7. The number of aliphatic hydroxyl groups is 1.